The second kappa shape index (κ2) is 4.75. The van der Waals surface area contributed by atoms with Gasteiger partial charge in [-0.1, -0.05) is 12.8 Å². The minimum Gasteiger partial charge on any atom is -0.388 e. The highest BCUT2D eigenvalue weighted by Crippen LogP contribution is 2.44. The Kier molecular flexibility index (Phi) is 3.39. The smallest absolute Gasteiger partial charge is 0.168 e. The summed E-state index contributed by atoms with van der Waals surface area (Å²) in [4.78, 5) is 0. The van der Waals surface area contributed by atoms with Gasteiger partial charge in [0.15, 0.2) is 5.79 Å². The van der Waals surface area contributed by atoms with Gasteiger partial charge >= 0.3 is 0 Å². The summed E-state index contributed by atoms with van der Waals surface area (Å²) < 4.78 is 11.4. The molecule has 3 N–H and O–H groups in total. The molecule has 1 heterocycles. The zero-order valence-corrected chi connectivity index (χ0v) is 11.1. The van der Waals surface area contributed by atoms with Crippen LogP contribution < -0.4 is 5.73 Å². The van der Waals surface area contributed by atoms with Crippen LogP contribution in [0.25, 0.3) is 0 Å². The first-order valence-corrected chi connectivity index (χ1v) is 7.40. The quantitative estimate of drug-likeness (QED) is 0.786. The Balaban J connectivity index is 1.62. The molecule has 0 bridgehead atoms. The van der Waals surface area contributed by atoms with E-state index in [0.717, 1.165) is 12.8 Å². The number of ether oxygens (including phenoxy) is 2. The molecule has 104 valence electrons. The lowest BCUT2D eigenvalue weighted by Gasteiger charge is -2.45. The molecule has 3 fully saturated rings. The average Bonchev–Trinajstić information content (AvgIpc) is 3.05. The fraction of sp³-hybridized carbons (Fsp3) is 1.00. The summed E-state index contributed by atoms with van der Waals surface area (Å²) >= 11 is 0. The third-order valence-corrected chi connectivity index (χ3v) is 5.22. The van der Waals surface area contributed by atoms with Crippen molar-refractivity contribution < 1.29 is 14.6 Å². The van der Waals surface area contributed by atoms with E-state index in [1.165, 1.54) is 25.7 Å². The molecule has 4 nitrogen and oxygen atoms in total. The highest BCUT2D eigenvalue weighted by Gasteiger charge is 2.49. The van der Waals surface area contributed by atoms with Crippen molar-refractivity contribution >= 4 is 0 Å². The molecule has 2 aliphatic carbocycles. The van der Waals surface area contributed by atoms with Gasteiger partial charge in [-0.15, -0.1) is 0 Å². The molecule has 18 heavy (non-hydrogen) atoms. The van der Waals surface area contributed by atoms with Crippen LogP contribution in [0.3, 0.4) is 0 Å². The summed E-state index contributed by atoms with van der Waals surface area (Å²) in [5.41, 5.74) is 5.64. The van der Waals surface area contributed by atoms with Crippen LogP contribution in [0.2, 0.25) is 0 Å². The second-order valence-corrected chi connectivity index (χ2v) is 6.28. The van der Waals surface area contributed by atoms with Crippen LogP contribution in [0.15, 0.2) is 0 Å². The fourth-order valence-corrected chi connectivity index (χ4v) is 3.94. The molecule has 0 aromatic rings. The van der Waals surface area contributed by atoms with Crippen molar-refractivity contribution in [1.82, 2.24) is 0 Å². The Morgan fingerprint density at radius 2 is 1.56 bits per heavy atom. The Labute approximate surface area is 109 Å². The van der Waals surface area contributed by atoms with Crippen LogP contribution in [0.5, 0.6) is 0 Å². The van der Waals surface area contributed by atoms with Crippen molar-refractivity contribution in [3.8, 4) is 0 Å². The number of aliphatic hydroxyl groups is 1. The molecule has 1 saturated heterocycles. The average molecular weight is 255 g/mol. The highest BCUT2D eigenvalue weighted by molar-refractivity contribution is 5.00. The second-order valence-electron chi connectivity index (χ2n) is 6.28. The monoisotopic (exact) mass is 255 g/mol. The van der Waals surface area contributed by atoms with Gasteiger partial charge < -0.3 is 20.3 Å². The summed E-state index contributed by atoms with van der Waals surface area (Å²) in [6, 6.07) is -0.0706. The first-order chi connectivity index (χ1) is 8.64. The van der Waals surface area contributed by atoms with Crippen molar-refractivity contribution in [3.05, 3.63) is 0 Å². The van der Waals surface area contributed by atoms with Crippen LogP contribution >= 0.6 is 0 Å². The van der Waals surface area contributed by atoms with Gasteiger partial charge in [-0.25, -0.2) is 0 Å². The molecule has 0 aromatic carbocycles. The van der Waals surface area contributed by atoms with E-state index in [2.05, 4.69) is 0 Å². The summed E-state index contributed by atoms with van der Waals surface area (Å²) in [7, 11) is 0. The molecule has 3 aliphatic rings. The molecule has 0 radical (unpaired) electrons. The molecule has 1 aliphatic heterocycles. The number of nitrogens with two attached hydrogens (primary N) is 1. The largest absolute Gasteiger partial charge is 0.388 e. The van der Waals surface area contributed by atoms with E-state index in [1.807, 2.05) is 0 Å². The van der Waals surface area contributed by atoms with Crippen LogP contribution in [-0.4, -0.2) is 35.8 Å². The highest BCUT2D eigenvalue weighted by atomic mass is 16.7. The predicted molar refractivity (Wildman–Crippen MR) is 68.0 cm³/mol. The summed E-state index contributed by atoms with van der Waals surface area (Å²) in [5.74, 6) is 0.108. The van der Waals surface area contributed by atoms with Gasteiger partial charge in [0.25, 0.3) is 0 Å². The van der Waals surface area contributed by atoms with Gasteiger partial charge in [0.1, 0.15) is 0 Å². The summed E-state index contributed by atoms with van der Waals surface area (Å²) in [5, 5.41) is 10.8. The molecule has 3 rings (SSSR count). The summed E-state index contributed by atoms with van der Waals surface area (Å²) in [6.45, 7) is 1.38. The molecular weight excluding hydrogens is 230 g/mol. The number of hydrogen-bond donors (Lipinski definition) is 2. The molecule has 1 unspecified atom stereocenters. The summed E-state index contributed by atoms with van der Waals surface area (Å²) in [6.07, 6.45) is 7.89. The lowest BCUT2D eigenvalue weighted by Crippen LogP contribution is -2.56. The maximum Gasteiger partial charge on any atom is 0.168 e. The van der Waals surface area contributed by atoms with Crippen LogP contribution in [-0.2, 0) is 9.47 Å². The predicted octanol–water partition coefficient (Wildman–Crippen LogP) is 1.55. The SMILES string of the molecule is NC(C1CCCC1)C1(O)CCC2(CC1)OCCO2. The van der Waals surface area contributed by atoms with E-state index in [4.69, 9.17) is 15.2 Å². The van der Waals surface area contributed by atoms with Crippen LogP contribution in [0.4, 0.5) is 0 Å². The Morgan fingerprint density at radius 3 is 2.11 bits per heavy atom. The van der Waals surface area contributed by atoms with Gasteiger partial charge in [0, 0.05) is 18.9 Å². The molecule has 1 atom stereocenters. The van der Waals surface area contributed by atoms with Gasteiger partial charge in [0.05, 0.1) is 18.8 Å². The van der Waals surface area contributed by atoms with Crippen LogP contribution in [0, 0.1) is 5.92 Å². The van der Waals surface area contributed by atoms with Gasteiger partial charge in [-0.3, -0.25) is 0 Å². The molecule has 1 spiro atoms. The van der Waals surface area contributed by atoms with E-state index < -0.39 is 11.4 Å². The molecule has 0 amide bonds. The van der Waals surface area contributed by atoms with E-state index in [1.54, 1.807) is 0 Å². The standard InChI is InChI=1S/C14H25NO3/c15-12(11-3-1-2-4-11)13(16)5-7-14(8-6-13)17-9-10-18-14/h11-12,16H,1-10,15H2. The van der Waals surface area contributed by atoms with Crippen molar-refractivity contribution in [1.29, 1.82) is 0 Å². The van der Waals surface area contributed by atoms with E-state index in [0.29, 0.717) is 32.0 Å². The first kappa shape index (κ1) is 12.9. The zero-order chi connectivity index (χ0) is 12.6. The van der Waals surface area contributed by atoms with Crippen molar-refractivity contribution in [2.24, 2.45) is 11.7 Å². The number of hydrogen-bond acceptors (Lipinski definition) is 4. The Morgan fingerprint density at radius 1 is 1.00 bits per heavy atom. The minimum atomic E-state index is -0.699. The first-order valence-electron chi connectivity index (χ1n) is 7.40. The molecular formula is C14H25NO3. The maximum absolute atomic E-state index is 10.8. The fourth-order valence-electron chi connectivity index (χ4n) is 3.94. The van der Waals surface area contributed by atoms with Gasteiger partial charge in [0.2, 0.25) is 0 Å². The third kappa shape index (κ3) is 2.20. The van der Waals surface area contributed by atoms with E-state index in [9.17, 15) is 5.11 Å². The number of rotatable bonds is 2. The lowest BCUT2D eigenvalue weighted by molar-refractivity contribution is -0.207. The normalized spacial score (nSPS) is 33.0. The minimum absolute atomic E-state index is 0.0706. The topological polar surface area (TPSA) is 64.7 Å². The Hall–Kier alpha value is -0.160. The van der Waals surface area contributed by atoms with E-state index in [-0.39, 0.29) is 6.04 Å². The lowest BCUT2D eigenvalue weighted by atomic mass is 9.73. The van der Waals surface area contributed by atoms with Gasteiger partial charge in [-0.2, -0.15) is 0 Å². The maximum atomic E-state index is 10.8. The molecule has 0 aromatic heterocycles. The van der Waals surface area contributed by atoms with Crippen LogP contribution in [0.1, 0.15) is 51.4 Å². The van der Waals surface area contributed by atoms with Crippen molar-refractivity contribution in [2.45, 2.75) is 68.8 Å². The molecule has 4 heteroatoms. The van der Waals surface area contributed by atoms with Crippen molar-refractivity contribution in [3.63, 3.8) is 0 Å². The third-order valence-electron chi connectivity index (χ3n) is 5.22. The molecule has 2 saturated carbocycles. The zero-order valence-electron chi connectivity index (χ0n) is 11.1. The Bertz CT molecular complexity index is 285. The van der Waals surface area contributed by atoms with E-state index >= 15 is 0 Å². The van der Waals surface area contributed by atoms with Crippen molar-refractivity contribution in [2.75, 3.05) is 13.2 Å². The van der Waals surface area contributed by atoms with Gasteiger partial charge in [-0.05, 0) is 31.6 Å².